The van der Waals surface area contributed by atoms with Crippen LogP contribution < -0.4 is 0 Å². The Kier molecular flexibility index (Phi) is 4.29. The van der Waals surface area contributed by atoms with Gasteiger partial charge in [0, 0.05) is 11.8 Å². The summed E-state index contributed by atoms with van der Waals surface area (Å²) in [6.45, 7) is 2.34. The van der Waals surface area contributed by atoms with Crippen LogP contribution in [0.3, 0.4) is 0 Å². The van der Waals surface area contributed by atoms with Crippen molar-refractivity contribution in [2.45, 2.75) is 77.6 Å². The van der Waals surface area contributed by atoms with E-state index in [2.05, 4.69) is 6.92 Å². The molecule has 0 N–H and O–H groups in total. The second-order valence-corrected chi connectivity index (χ2v) is 7.67. The SMILES string of the molecule is CC1CCC(C(=O)C2CCC3CCCCC3C2)CC1. The molecule has 0 bridgehead atoms. The highest BCUT2D eigenvalue weighted by Crippen LogP contribution is 2.44. The van der Waals surface area contributed by atoms with Gasteiger partial charge in [-0.05, 0) is 49.9 Å². The van der Waals surface area contributed by atoms with Gasteiger partial charge in [-0.3, -0.25) is 4.79 Å². The van der Waals surface area contributed by atoms with E-state index in [9.17, 15) is 4.79 Å². The molecule has 3 aliphatic carbocycles. The summed E-state index contributed by atoms with van der Waals surface area (Å²) < 4.78 is 0. The van der Waals surface area contributed by atoms with Crippen LogP contribution in [-0.4, -0.2) is 5.78 Å². The molecular weight excluding hydrogens is 232 g/mol. The maximum atomic E-state index is 12.7. The molecular formula is C18H30O. The highest BCUT2D eigenvalue weighted by atomic mass is 16.1. The highest BCUT2D eigenvalue weighted by Gasteiger charge is 2.37. The lowest BCUT2D eigenvalue weighted by atomic mass is 9.65. The van der Waals surface area contributed by atoms with Crippen molar-refractivity contribution in [1.29, 1.82) is 0 Å². The number of rotatable bonds is 2. The number of carbonyl (C=O) groups is 1. The summed E-state index contributed by atoms with van der Waals surface area (Å²) in [7, 11) is 0. The summed E-state index contributed by atoms with van der Waals surface area (Å²) in [5.41, 5.74) is 0. The predicted molar refractivity (Wildman–Crippen MR) is 78.9 cm³/mol. The van der Waals surface area contributed by atoms with E-state index in [4.69, 9.17) is 0 Å². The summed E-state index contributed by atoms with van der Waals surface area (Å²) in [6, 6.07) is 0. The van der Waals surface area contributed by atoms with Crippen molar-refractivity contribution in [3.8, 4) is 0 Å². The largest absolute Gasteiger partial charge is 0.299 e. The van der Waals surface area contributed by atoms with Gasteiger partial charge in [-0.25, -0.2) is 0 Å². The number of hydrogen-bond donors (Lipinski definition) is 0. The average molecular weight is 262 g/mol. The standard InChI is InChI=1S/C18H30O/c1-13-6-8-15(9-7-13)18(19)17-11-10-14-4-2-3-5-16(14)12-17/h13-17H,2-12H2,1H3. The van der Waals surface area contributed by atoms with E-state index in [0.29, 0.717) is 17.6 Å². The van der Waals surface area contributed by atoms with Crippen LogP contribution in [0.5, 0.6) is 0 Å². The summed E-state index contributed by atoms with van der Waals surface area (Å²) in [6.07, 6.45) is 14.5. The lowest BCUT2D eigenvalue weighted by molar-refractivity contribution is -0.130. The zero-order chi connectivity index (χ0) is 13.2. The molecule has 3 fully saturated rings. The van der Waals surface area contributed by atoms with Crippen LogP contribution in [-0.2, 0) is 4.79 Å². The van der Waals surface area contributed by atoms with Crippen LogP contribution in [0.25, 0.3) is 0 Å². The molecule has 0 saturated heterocycles. The second-order valence-electron chi connectivity index (χ2n) is 7.67. The maximum Gasteiger partial charge on any atom is 0.139 e. The van der Waals surface area contributed by atoms with Crippen LogP contribution in [0, 0.1) is 29.6 Å². The van der Waals surface area contributed by atoms with Crippen molar-refractivity contribution in [2.24, 2.45) is 29.6 Å². The van der Waals surface area contributed by atoms with Gasteiger partial charge in [0.2, 0.25) is 0 Å². The van der Waals surface area contributed by atoms with Crippen molar-refractivity contribution >= 4 is 5.78 Å². The second kappa shape index (κ2) is 5.97. The zero-order valence-electron chi connectivity index (χ0n) is 12.6. The first kappa shape index (κ1) is 13.6. The zero-order valence-corrected chi connectivity index (χ0v) is 12.6. The summed E-state index contributed by atoms with van der Waals surface area (Å²) in [5.74, 6) is 4.27. The number of ketones is 1. The van der Waals surface area contributed by atoms with Crippen molar-refractivity contribution in [1.82, 2.24) is 0 Å². The number of hydrogen-bond acceptors (Lipinski definition) is 1. The van der Waals surface area contributed by atoms with Gasteiger partial charge in [0.25, 0.3) is 0 Å². The van der Waals surface area contributed by atoms with E-state index in [1.807, 2.05) is 0 Å². The molecule has 19 heavy (non-hydrogen) atoms. The van der Waals surface area contributed by atoms with Gasteiger partial charge >= 0.3 is 0 Å². The average Bonchev–Trinajstić information content (AvgIpc) is 2.47. The molecule has 3 rings (SSSR count). The minimum Gasteiger partial charge on any atom is -0.299 e. The molecule has 0 aromatic carbocycles. The number of fused-ring (bicyclic) bond motifs is 1. The van der Waals surface area contributed by atoms with Crippen LogP contribution >= 0.6 is 0 Å². The van der Waals surface area contributed by atoms with Crippen LogP contribution in [0.2, 0.25) is 0 Å². The molecule has 1 heteroatoms. The van der Waals surface area contributed by atoms with E-state index >= 15 is 0 Å². The fraction of sp³-hybridized carbons (Fsp3) is 0.944. The first-order valence-electron chi connectivity index (χ1n) is 8.77. The van der Waals surface area contributed by atoms with Crippen molar-refractivity contribution in [3.05, 3.63) is 0 Å². The Hall–Kier alpha value is -0.330. The molecule has 0 aromatic rings. The van der Waals surface area contributed by atoms with Crippen LogP contribution in [0.4, 0.5) is 0 Å². The van der Waals surface area contributed by atoms with Gasteiger partial charge < -0.3 is 0 Å². The first-order valence-corrected chi connectivity index (χ1v) is 8.77. The third kappa shape index (κ3) is 3.06. The molecule has 0 spiro atoms. The third-order valence-corrected chi connectivity index (χ3v) is 6.36. The van der Waals surface area contributed by atoms with E-state index < -0.39 is 0 Å². The molecule has 3 atom stereocenters. The Morgan fingerprint density at radius 2 is 1.37 bits per heavy atom. The molecule has 0 aromatic heterocycles. The fourth-order valence-electron chi connectivity index (χ4n) is 5.01. The Labute approximate surface area is 118 Å². The molecule has 3 unspecified atom stereocenters. The minimum absolute atomic E-state index is 0.432. The van der Waals surface area contributed by atoms with Gasteiger partial charge in [0.15, 0.2) is 0 Å². The molecule has 108 valence electrons. The molecule has 3 saturated carbocycles. The smallest absolute Gasteiger partial charge is 0.139 e. The molecule has 3 aliphatic rings. The van der Waals surface area contributed by atoms with E-state index in [1.54, 1.807) is 0 Å². The van der Waals surface area contributed by atoms with E-state index in [-0.39, 0.29) is 0 Å². The summed E-state index contributed by atoms with van der Waals surface area (Å²) >= 11 is 0. The maximum absolute atomic E-state index is 12.7. The third-order valence-electron chi connectivity index (χ3n) is 6.36. The molecule has 0 radical (unpaired) electrons. The monoisotopic (exact) mass is 262 g/mol. The molecule has 0 amide bonds. The Balaban J connectivity index is 1.55. The predicted octanol–water partition coefficient (Wildman–Crippen LogP) is 4.99. The normalized spacial score (nSPS) is 43.5. The van der Waals surface area contributed by atoms with Crippen molar-refractivity contribution in [2.75, 3.05) is 0 Å². The van der Waals surface area contributed by atoms with Gasteiger partial charge in [-0.15, -0.1) is 0 Å². The van der Waals surface area contributed by atoms with Gasteiger partial charge in [-0.1, -0.05) is 45.4 Å². The van der Waals surface area contributed by atoms with E-state index in [0.717, 1.165) is 17.8 Å². The van der Waals surface area contributed by atoms with Crippen LogP contribution in [0.15, 0.2) is 0 Å². The fourth-order valence-corrected chi connectivity index (χ4v) is 5.01. The quantitative estimate of drug-likeness (QED) is 0.685. The lowest BCUT2D eigenvalue weighted by Gasteiger charge is -2.40. The minimum atomic E-state index is 0.432. The number of Topliss-reactive ketones (excluding diaryl/α,β-unsaturated/α-hetero) is 1. The Bertz CT molecular complexity index is 314. The van der Waals surface area contributed by atoms with Crippen molar-refractivity contribution in [3.63, 3.8) is 0 Å². The number of carbonyl (C=O) groups excluding carboxylic acids is 1. The van der Waals surface area contributed by atoms with Gasteiger partial charge in [0.1, 0.15) is 5.78 Å². The Morgan fingerprint density at radius 3 is 2.11 bits per heavy atom. The molecule has 1 nitrogen and oxygen atoms in total. The van der Waals surface area contributed by atoms with Gasteiger partial charge in [-0.2, -0.15) is 0 Å². The highest BCUT2D eigenvalue weighted by molar-refractivity contribution is 5.83. The van der Waals surface area contributed by atoms with Crippen LogP contribution in [0.1, 0.15) is 77.6 Å². The summed E-state index contributed by atoms with van der Waals surface area (Å²) in [5, 5.41) is 0. The van der Waals surface area contributed by atoms with Gasteiger partial charge in [0.05, 0.1) is 0 Å². The van der Waals surface area contributed by atoms with E-state index in [1.165, 1.54) is 70.6 Å². The molecule has 0 heterocycles. The summed E-state index contributed by atoms with van der Waals surface area (Å²) in [4.78, 5) is 12.7. The lowest BCUT2D eigenvalue weighted by Crippen LogP contribution is -2.35. The topological polar surface area (TPSA) is 17.1 Å². The van der Waals surface area contributed by atoms with Crippen molar-refractivity contribution < 1.29 is 4.79 Å². The Morgan fingerprint density at radius 1 is 0.737 bits per heavy atom. The molecule has 0 aliphatic heterocycles. The first-order chi connectivity index (χ1) is 9.24.